The van der Waals surface area contributed by atoms with Gasteiger partial charge in [0.05, 0.1) is 22.5 Å². The van der Waals surface area contributed by atoms with Crippen LogP contribution >= 0.6 is 10.7 Å². The third-order valence-electron chi connectivity index (χ3n) is 3.15. The molecule has 0 aliphatic heterocycles. The molecule has 0 saturated carbocycles. The SMILES string of the molecule is Cc1ccc(S(=O)Cl)cc1-c1cnc2c(C)ncnn12. The molecule has 102 valence electrons. The van der Waals surface area contributed by atoms with Gasteiger partial charge >= 0.3 is 0 Å². The minimum atomic E-state index is -1.54. The van der Waals surface area contributed by atoms with E-state index in [0.29, 0.717) is 10.5 Å². The van der Waals surface area contributed by atoms with Crippen molar-refractivity contribution in [1.29, 1.82) is 0 Å². The lowest BCUT2D eigenvalue weighted by atomic mass is 10.1. The molecule has 3 rings (SSSR count). The van der Waals surface area contributed by atoms with Crippen LogP contribution in [0.25, 0.3) is 16.9 Å². The van der Waals surface area contributed by atoms with Gasteiger partial charge in [0.25, 0.3) is 0 Å². The molecule has 0 amide bonds. The van der Waals surface area contributed by atoms with Gasteiger partial charge in [-0.3, -0.25) is 0 Å². The van der Waals surface area contributed by atoms with E-state index in [0.717, 1.165) is 22.5 Å². The van der Waals surface area contributed by atoms with Crippen LogP contribution in [-0.4, -0.2) is 23.8 Å². The smallest absolute Gasteiger partial charge is 0.175 e. The monoisotopic (exact) mass is 306 g/mol. The van der Waals surface area contributed by atoms with Crippen molar-refractivity contribution in [3.63, 3.8) is 0 Å². The van der Waals surface area contributed by atoms with E-state index < -0.39 is 10.0 Å². The van der Waals surface area contributed by atoms with Crippen LogP contribution in [0.3, 0.4) is 0 Å². The zero-order valence-electron chi connectivity index (χ0n) is 10.9. The van der Waals surface area contributed by atoms with E-state index in [1.165, 1.54) is 6.33 Å². The number of hydrogen-bond donors (Lipinski definition) is 0. The first kappa shape index (κ1) is 13.2. The Balaban J connectivity index is 2.28. The fourth-order valence-corrected chi connectivity index (χ4v) is 2.77. The average molecular weight is 307 g/mol. The Morgan fingerprint density at radius 3 is 2.80 bits per heavy atom. The Bertz CT molecular complexity index is 830. The highest BCUT2D eigenvalue weighted by atomic mass is 35.7. The predicted molar refractivity (Wildman–Crippen MR) is 78.0 cm³/mol. The zero-order chi connectivity index (χ0) is 14.3. The summed E-state index contributed by atoms with van der Waals surface area (Å²) in [5.74, 6) is 0. The molecule has 0 aliphatic rings. The summed E-state index contributed by atoms with van der Waals surface area (Å²) in [4.78, 5) is 9.02. The molecule has 5 nitrogen and oxygen atoms in total. The number of hydrogen-bond acceptors (Lipinski definition) is 4. The van der Waals surface area contributed by atoms with Gasteiger partial charge < -0.3 is 0 Å². The molecule has 0 fully saturated rings. The summed E-state index contributed by atoms with van der Waals surface area (Å²) in [5, 5.41) is 4.23. The molecular weight excluding hydrogens is 296 g/mol. The van der Waals surface area contributed by atoms with Crippen molar-refractivity contribution in [2.24, 2.45) is 0 Å². The molecule has 0 spiro atoms. The molecule has 7 heteroatoms. The minimum Gasteiger partial charge on any atom is -0.237 e. The predicted octanol–water partition coefficient (Wildman–Crippen LogP) is 2.67. The molecule has 0 bridgehead atoms. The number of aromatic nitrogens is 4. The van der Waals surface area contributed by atoms with E-state index in [-0.39, 0.29) is 0 Å². The lowest BCUT2D eigenvalue weighted by Crippen LogP contribution is -1.99. The zero-order valence-corrected chi connectivity index (χ0v) is 12.4. The number of halogens is 1. The second kappa shape index (κ2) is 4.96. The minimum absolute atomic E-state index is 0.563. The van der Waals surface area contributed by atoms with Gasteiger partial charge in [-0.2, -0.15) is 5.10 Å². The highest BCUT2D eigenvalue weighted by molar-refractivity contribution is 8.08. The molecular formula is C13H11ClN4OS. The second-order valence-electron chi connectivity index (χ2n) is 4.42. The van der Waals surface area contributed by atoms with Crippen LogP contribution in [0.1, 0.15) is 11.3 Å². The Kier molecular flexibility index (Phi) is 3.27. The van der Waals surface area contributed by atoms with Gasteiger partial charge in [0, 0.05) is 5.56 Å². The molecule has 2 aromatic heterocycles. The summed E-state index contributed by atoms with van der Waals surface area (Å²) in [5.41, 5.74) is 4.28. The van der Waals surface area contributed by atoms with Crippen LogP contribution in [-0.2, 0) is 10.0 Å². The van der Waals surface area contributed by atoms with Crippen molar-refractivity contribution in [2.45, 2.75) is 18.7 Å². The van der Waals surface area contributed by atoms with E-state index in [4.69, 9.17) is 10.7 Å². The highest BCUT2D eigenvalue weighted by Crippen LogP contribution is 2.27. The summed E-state index contributed by atoms with van der Waals surface area (Å²) in [6.07, 6.45) is 3.23. The third-order valence-corrected chi connectivity index (χ3v) is 4.31. The first-order valence-electron chi connectivity index (χ1n) is 5.92. The van der Waals surface area contributed by atoms with Crippen molar-refractivity contribution in [3.05, 3.63) is 42.0 Å². The molecule has 1 aromatic carbocycles. The van der Waals surface area contributed by atoms with E-state index in [9.17, 15) is 4.21 Å². The normalized spacial score (nSPS) is 12.8. The summed E-state index contributed by atoms with van der Waals surface area (Å²) in [6, 6.07) is 5.45. The van der Waals surface area contributed by atoms with Crippen molar-refractivity contribution in [3.8, 4) is 11.3 Å². The van der Waals surface area contributed by atoms with Crippen molar-refractivity contribution >= 4 is 26.3 Å². The molecule has 1 unspecified atom stereocenters. The fourth-order valence-electron chi connectivity index (χ4n) is 2.09. The summed E-state index contributed by atoms with van der Waals surface area (Å²) in [7, 11) is 4.12. The number of aryl methyl sites for hydroxylation is 2. The van der Waals surface area contributed by atoms with Crippen LogP contribution in [0.5, 0.6) is 0 Å². The molecule has 0 aliphatic carbocycles. The van der Waals surface area contributed by atoms with Crippen molar-refractivity contribution < 1.29 is 4.21 Å². The molecule has 1 atom stereocenters. The topological polar surface area (TPSA) is 60.2 Å². The maximum absolute atomic E-state index is 11.4. The van der Waals surface area contributed by atoms with Crippen molar-refractivity contribution in [2.75, 3.05) is 0 Å². The second-order valence-corrected chi connectivity index (χ2v) is 6.18. The van der Waals surface area contributed by atoms with Crippen LogP contribution in [0.4, 0.5) is 0 Å². The lowest BCUT2D eigenvalue weighted by Gasteiger charge is -2.06. The molecule has 20 heavy (non-hydrogen) atoms. The van der Waals surface area contributed by atoms with Crippen LogP contribution in [0.15, 0.2) is 35.6 Å². The number of imidazole rings is 1. The Morgan fingerprint density at radius 1 is 1.25 bits per heavy atom. The Labute approximate surface area is 122 Å². The first-order chi connectivity index (χ1) is 9.58. The standard InChI is InChI=1S/C13H11ClN4OS/c1-8-3-4-10(20(14)19)5-11(8)12-6-15-13-9(2)16-7-17-18(12)13/h3-7H,1-2H3. The lowest BCUT2D eigenvalue weighted by molar-refractivity contribution is 0.691. The molecule has 0 saturated heterocycles. The van der Waals surface area contributed by atoms with Gasteiger partial charge in [-0.25, -0.2) is 18.7 Å². The maximum atomic E-state index is 11.4. The summed E-state index contributed by atoms with van der Waals surface area (Å²) in [6.45, 7) is 3.86. The van der Waals surface area contributed by atoms with E-state index in [1.54, 1.807) is 22.8 Å². The number of rotatable bonds is 2. The van der Waals surface area contributed by atoms with E-state index in [1.807, 2.05) is 19.9 Å². The van der Waals surface area contributed by atoms with Crippen molar-refractivity contribution in [1.82, 2.24) is 19.6 Å². The molecule has 2 heterocycles. The van der Waals surface area contributed by atoms with Gasteiger partial charge in [0.1, 0.15) is 16.3 Å². The van der Waals surface area contributed by atoms with Gasteiger partial charge in [0.2, 0.25) is 0 Å². The summed E-state index contributed by atoms with van der Waals surface area (Å²) < 4.78 is 13.2. The van der Waals surface area contributed by atoms with Gasteiger partial charge in [-0.05, 0) is 42.2 Å². The maximum Gasteiger partial charge on any atom is 0.175 e. The molecule has 3 aromatic rings. The number of fused-ring (bicyclic) bond motifs is 1. The molecule has 0 N–H and O–H groups in total. The summed E-state index contributed by atoms with van der Waals surface area (Å²) >= 11 is 0. The number of nitrogens with zero attached hydrogens (tertiary/aromatic N) is 4. The van der Waals surface area contributed by atoms with Crippen LogP contribution in [0, 0.1) is 13.8 Å². The van der Waals surface area contributed by atoms with E-state index >= 15 is 0 Å². The third kappa shape index (κ3) is 2.10. The number of benzene rings is 1. The van der Waals surface area contributed by atoms with Gasteiger partial charge in [-0.1, -0.05) is 6.07 Å². The van der Waals surface area contributed by atoms with Crippen LogP contribution in [0.2, 0.25) is 0 Å². The highest BCUT2D eigenvalue weighted by Gasteiger charge is 2.13. The Hall–Kier alpha value is -1.79. The first-order valence-corrected chi connectivity index (χ1v) is 7.90. The van der Waals surface area contributed by atoms with E-state index in [2.05, 4.69) is 15.1 Å². The molecule has 0 radical (unpaired) electrons. The average Bonchev–Trinajstić information content (AvgIpc) is 2.84. The van der Waals surface area contributed by atoms with Crippen LogP contribution < -0.4 is 0 Å². The fraction of sp³-hybridized carbons (Fsp3) is 0.154. The van der Waals surface area contributed by atoms with Gasteiger partial charge in [-0.15, -0.1) is 0 Å². The quantitative estimate of drug-likeness (QED) is 0.683. The Morgan fingerprint density at radius 2 is 2.05 bits per heavy atom. The largest absolute Gasteiger partial charge is 0.237 e. The van der Waals surface area contributed by atoms with Gasteiger partial charge in [0.15, 0.2) is 5.65 Å².